The van der Waals surface area contributed by atoms with Crippen LogP contribution in [0.4, 0.5) is 0 Å². The molecule has 2 N–H and O–H groups in total. The summed E-state index contributed by atoms with van der Waals surface area (Å²) in [6.45, 7) is 4.11. The molecule has 1 aliphatic rings. The number of benzene rings is 1. The summed E-state index contributed by atoms with van der Waals surface area (Å²) in [6, 6.07) is 4.38. The molecule has 0 saturated heterocycles. The maximum atomic E-state index is 12.2. The number of halogens is 1. The minimum absolute atomic E-state index is 0.0252. The van der Waals surface area contributed by atoms with E-state index in [-0.39, 0.29) is 29.2 Å². The fourth-order valence-electron chi connectivity index (χ4n) is 2.45. The Morgan fingerprint density at radius 2 is 2.21 bits per heavy atom. The summed E-state index contributed by atoms with van der Waals surface area (Å²) in [6.07, 6.45) is 0.934. The summed E-state index contributed by atoms with van der Waals surface area (Å²) < 4.78 is 5.34. The van der Waals surface area contributed by atoms with Gasteiger partial charge < -0.3 is 15.2 Å². The summed E-state index contributed by atoms with van der Waals surface area (Å²) in [4.78, 5) is 12.2. The number of aromatic hydroxyl groups is 1. The van der Waals surface area contributed by atoms with E-state index in [4.69, 9.17) is 16.3 Å². The highest BCUT2D eigenvalue weighted by molar-refractivity contribution is 6.33. The number of carbonyl (C=O) groups excluding carboxylic acids is 1. The summed E-state index contributed by atoms with van der Waals surface area (Å²) in [5, 5.41) is 12.7. The number of hydrogen-bond acceptors (Lipinski definition) is 3. The first-order valence-electron chi connectivity index (χ1n) is 6.18. The molecule has 2 atom stereocenters. The largest absolute Gasteiger partial charge is 0.508 e. The molecule has 1 aromatic carbocycles. The van der Waals surface area contributed by atoms with E-state index in [0.717, 1.165) is 6.42 Å². The first-order chi connectivity index (χ1) is 8.86. The van der Waals surface area contributed by atoms with E-state index in [1.54, 1.807) is 7.11 Å². The lowest BCUT2D eigenvalue weighted by atomic mass is 9.64. The van der Waals surface area contributed by atoms with E-state index in [9.17, 15) is 9.90 Å². The lowest BCUT2D eigenvalue weighted by Crippen LogP contribution is -2.61. The van der Waals surface area contributed by atoms with Gasteiger partial charge in [-0.05, 0) is 24.6 Å². The van der Waals surface area contributed by atoms with Gasteiger partial charge in [-0.2, -0.15) is 0 Å². The minimum Gasteiger partial charge on any atom is -0.508 e. The number of nitrogens with one attached hydrogen (secondary N) is 1. The van der Waals surface area contributed by atoms with E-state index in [2.05, 4.69) is 19.2 Å². The van der Waals surface area contributed by atoms with Crippen molar-refractivity contribution in [3.63, 3.8) is 0 Å². The highest BCUT2D eigenvalue weighted by Gasteiger charge is 2.49. The van der Waals surface area contributed by atoms with Crippen molar-refractivity contribution in [1.29, 1.82) is 0 Å². The van der Waals surface area contributed by atoms with Crippen molar-refractivity contribution in [2.45, 2.75) is 32.4 Å². The summed E-state index contributed by atoms with van der Waals surface area (Å²) in [7, 11) is 1.68. The van der Waals surface area contributed by atoms with Gasteiger partial charge in [0.1, 0.15) is 5.75 Å². The van der Waals surface area contributed by atoms with E-state index < -0.39 is 0 Å². The van der Waals surface area contributed by atoms with E-state index in [1.165, 1.54) is 18.2 Å². The zero-order valence-electron chi connectivity index (χ0n) is 11.2. The van der Waals surface area contributed by atoms with Crippen LogP contribution < -0.4 is 5.32 Å². The van der Waals surface area contributed by atoms with Gasteiger partial charge in [0.15, 0.2) is 0 Å². The molecule has 0 aromatic heterocycles. The van der Waals surface area contributed by atoms with Gasteiger partial charge in [-0.3, -0.25) is 4.79 Å². The number of phenols is 1. The highest BCUT2D eigenvalue weighted by Crippen LogP contribution is 2.42. The topological polar surface area (TPSA) is 58.6 Å². The lowest BCUT2D eigenvalue weighted by molar-refractivity contribution is -0.0942. The Kier molecular flexibility index (Phi) is 3.74. The van der Waals surface area contributed by atoms with Crippen LogP contribution in [0.5, 0.6) is 5.75 Å². The van der Waals surface area contributed by atoms with Crippen molar-refractivity contribution >= 4 is 17.5 Å². The average molecular weight is 284 g/mol. The van der Waals surface area contributed by atoms with Crippen LogP contribution in [0.1, 0.15) is 30.6 Å². The second kappa shape index (κ2) is 5.02. The molecule has 5 heteroatoms. The molecule has 104 valence electrons. The molecule has 0 bridgehead atoms. The number of methoxy groups -OCH3 is 1. The van der Waals surface area contributed by atoms with Gasteiger partial charge in [-0.15, -0.1) is 0 Å². The van der Waals surface area contributed by atoms with E-state index >= 15 is 0 Å². The second-order valence-electron chi connectivity index (χ2n) is 5.47. The van der Waals surface area contributed by atoms with E-state index in [0.29, 0.717) is 10.6 Å². The maximum Gasteiger partial charge on any atom is 0.253 e. The Labute approximate surface area is 117 Å². The smallest absolute Gasteiger partial charge is 0.253 e. The first-order valence-corrected chi connectivity index (χ1v) is 6.56. The molecule has 2 rings (SSSR count). The molecule has 2 unspecified atom stereocenters. The fraction of sp³-hybridized carbons (Fsp3) is 0.500. The average Bonchev–Trinajstić information content (AvgIpc) is 2.36. The van der Waals surface area contributed by atoms with Crippen LogP contribution in [0.3, 0.4) is 0 Å². The van der Waals surface area contributed by atoms with Gasteiger partial charge in [0.25, 0.3) is 5.91 Å². The molecule has 0 heterocycles. The molecule has 1 aromatic rings. The van der Waals surface area contributed by atoms with Crippen LogP contribution in [0.15, 0.2) is 18.2 Å². The molecule has 0 aliphatic heterocycles. The fourth-order valence-corrected chi connectivity index (χ4v) is 2.66. The van der Waals surface area contributed by atoms with Crippen LogP contribution >= 0.6 is 11.6 Å². The number of ether oxygens (including phenoxy) is 1. The molecule has 1 amide bonds. The number of carbonyl (C=O) groups is 1. The highest BCUT2D eigenvalue weighted by atomic mass is 35.5. The molecule has 0 spiro atoms. The second-order valence-corrected chi connectivity index (χ2v) is 5.88. The van der Waals surface area contributed by atoms with Gasteiger partial charge in [-0.25, -0.2) is 0 Å². The third-order valence-corrected chi connectivity index (χ3v) is 4.29. The molecule has 1 fully saturated rings. The quantitative estimate of drug-likeness (QED) is 0.896. The Hall–Kier alpha value is -1.26. The van der Waals surface area contributed by atoms with Crippen molar-refractivity contribution < 1.29 is 14.6 Å². The van der Waals surface area contributed by atoms with Crippen molar-refractivity contribution in [3.05, 3.63) is 28.8 Å². The summed E-state index contributed by atoms with van der Waals surface area (Å²) >= 11 is 5.97. The van der Waals surface area contributed by atoms with Gasteiger partial charge >= 0.3 is 0 Å². The molecule has 4 nitrogen and oxygen atoms in total. The van der Waals surface area contributed by atoms with Crippen molar-refractivity contribution in [3.8, 4) is 5.75 Å². The van der Waals surface area contributed by atoms with Crippen LogP contribution in [0.25, 0.3) is 0 Å². The van der Waals surface area contributed by atoms with Gasteiger partial charge in [0.05, 0.1) is 16.7 Å². The third-order valence-electron chi connectivity index (χ3n) is 3.96. The van der Waals surface area contributed by atoms with Crippen LogP contribution in [0, 0.1) is 5.41 Å². The van der Waals surface area contributed by atoms with Gasteiger partial charge in [0, 0.05) is 18.6 Å². The first kappa shape index (κ1) is 14.2. The Morgan fingerprint density at radius 1 is 1.53 bits per heavy atom. The number of hydrogen-bond donors (Lipinski definition) is 2. The Balaban J connectivity index is 2.09. The summed E-state index contributed by atoms with van der Waals surface area (Å²) in [5.41, 5.74) is 0.187. The molecular formula is C14H18ClNO3. The monoisotopic (exact) mass is 283 g/mol. The zero-order valence-corrected chi connectivity index (χ0v) is 12.0. The van der Waals surface area contributed by atoms with Crippen molar-refractivity contribution in [2.24, 2.45) is 5.41 Å². The standard InChI is InChI=1S/C14H18ClNO3/c1-14(2)11(7-12(14)19-3)16-13(18)9-6-8(17)4-5-10(9)15/h4-6,11-12,17H,7H2,1-3H3,(H,16,18). The molecule has 1 saturated carbocycles. The Bertz CT molecular complexity index is 501. The number of rotatable bonds is 3. The number of amides is 1. The maximum absolute atomic E-state index is 12.2. The van der Waals surface area contributed by atoms with Crippen molar-refractivity contribution in [2.75, 3.05) is 7.11 Å². The Morgan fingerprint density at radius 3 is 2.79 bits per heavy atom. The molecule has 0 radical (unpaired) electrons. The van der Waals surface area contributed by atoms with Crippen LogP contribution in [-0.2, 0) is 4.74 Å². The van der Waals surface area contributed by atoms with E-state index in [1.807, 2.05) is 0 Å². The predicted octanol–water partition coefficient (Wildman–Crippen LogP) is 2.59. The molecule has 19 heavy (non-hydrogen) atoms. The normalized spacial score (nSPS) is 24.6. The minimum atomic E-state index is -0.270. The molecule has 1 aliphatic carbocycles. The SMILES string of the molecule is COC1CC(NC(=O)c2cc(O)ccc2Cl)C1(C)C. The van der Waals surface area contributed by atoms with Crippen LogP contribution in [0.2, 0.25) is 5.02 Å². The zero-order chi connectivity index (χ0) is 14.2. The number of phenolic OH excluding ortho intramolecular Hbond substituents is 1. The van der Waals surface area contributed by atoms with Gasteiger partial charge in [0.2, 0.25) is 0 Å². The van der Waals surface area contributed by atoms with Crippen LogP contribution in [-0.4, -0.2) is 30.3 Å². The van der Waals surface area contributed by atoms with Gasteiger partial charge in [-0.1, -0.05) is 25.4 Å². The predicted molar refractivity (Wildman–Crippen MR) is 73.6 cm³/mol. The molecular weight excluding hydrogens is 266 g/mol. The lowest BCUT2D eigenvalue weighted by Gasteiger charge is -2.51. The third kappa shape index (κ3) is 2.55. The summed E-state index contributed by atoms with van der Waals surface area (Å²) in [5.74, 6) is -0.245. The van der Waals surface area contributed by atoms with Crippen molar-refractivity contribution in [1.82, 2.24) is 5.32 Å².